The summed E-state index contributed by atoms with van der Waals surface area (Å²) in [7, 11) is 0. The van der Waals surface area contributed by atoms with Crippen molar-refractivity contribution in [3.63, 3.8) is 0 Å². The minimum atomic E-state index is -0.709. The lowest BCUT2D eigenvalue weighted by Crippen LogP contribution is -2.25. The van der Waals surface area contributed by atoms with Crippen LogP contribution in [-0.2, 0) is 9.53 Å². The maximum atomic E-state index is 14.5. The highest BCUT2D eigenvalue weighted by molar-refractivity contribution is 9.10. The molecule has 1 fully saturated rings. The van der Waals surface area contributed by atoms with Crippen LogP contribution in [0.15, 0.2) is 41.1 Å². The van der Waals surface area contributed by atoms with Gasteiger partial charge in [0.2, 0.25) is 0 Å². The molecule has 1 aliphatic heterocycles. The molecule has 1 aliphatic rings. The topological polar surface area (TPSA) is 85.9 Å². The van der Waals surface area contributed by atoms with Gasteiger partial charge >= 0.3 is 5.97 Å². The Kier molecular flexibility index (Phi) is 5.81. The van der Waals surface area contributed by atoms with Crippen LogP contribution in [-0.4, -0.2) is 35.3 Å². The van der Waals surface area contributed by atoms with Gasteiger partial charge in [0.1, 0.15) is 24.9 Å². The Morgan fingerprint density at radius 3 is 2.77 bits per heavy atom. The SMILES string of the molecule is CC(C)(C)C(=O)Oc1cc2c(Nc3cccc(Br)c3F)ncnc2cc1OCC1CO1. The number of epoxide rings is 1. The first-order valence-corrected chi connectivity index (χ1v) is 10.5. The van der Waals surface area contributed by atoms with Crippen molar-refractivity contribution in [2.24, 2.45) is 5.41 Å². The highest BCUT2D eigenvalue weighted by atomic mass is 79.9. The van der Waals surface area contributed by atoms with Crippen molar-refractivity contribution in [1.82, 2.24) is 9.97 Å². The number of aromatic nitrogens is 2. The van der Waals surface area contributed by atoms with Crippen LogP contribution < -0.4 is 14.8 Å². The molecule has 31 heavy (non-hydrogen) atoms. The van der Waals surface area contributed by atoms with Crippen molar-refractivity contribution in [2.75, 3.05) is 18.5 Å². The maximum Gasteiger partial charge on any atom is 0.316 e. The molecule has 1 unspecified atom stereocenters. The third-order valence-corrected chi connectivity index (χ3v) is 5.16. The van der Waals surface area contributed by atoms with Gasteiger partial charge in [-0.15, -0.1) is 0 Å². The van der Waals surface area contributed by atoms with Gasteiger partial charge in [0.25, 0.3) is 0 Å². The molecular formula is C22H21BrFN3O4. The molecule has 9 heteroatoms. The molecule has 0 aliphatic carbocycles. The fourth-order valence-corrected chi connectivity index (χ4v) is 3.05. The van der Waals surface area contributed by atoms with E-state index in [0.717, 1.165) is 0 Å². The Bertz CT molecular complexity index is 1150. The van der Waals surface area contributed by atoms with E-state index < -0.39 is 17.2 Å². The molecule has 0 amide bonds. The summed E-state index contributed by atoms with van der Waals surface area (Å²) >= 11 is 3.18. The van der Waals surface area contributed by atoms with E-state index in [1.165, 1.54) is 6.33 Å². The van der Waals surface area contributed by atoms with Gasteiger partial charge in [0.15, 0.2) is 17.3 Å². The second-order valence-electron chi connectivity index (χ2n) is 8.17. The van der Waals surface area contributed by atoms with E-state index in [2.05, 4.69) is 31.2 Å². The van der Waals surface area contributed by atoms with Crippen LogP contribution in [0, 0.1) is 11.2 Å². The van der Waals surface area contributed by atoms with Crippen LogP contribution in [0.2, 0.25) is 0 Å². The fourth-order valence-electron chi connectivity index (χ4n) is 2.68. The summed E-state index contributed by atoms with van der Waals surface area (Å²) in [5, 5.41) is 3.54. The predicted molar refractivity (Wildman–Crippen MR) is 117 cm³/mol. The summed E-state index contributed by atoms with van der Waals surface area (Å²) in [6, 6.07) is 8.21. The summed E-state index contributed by atoms with van der Waals surface area (Å²) in [4.78, 5) is 21.1. The first kappa shape index (κ1) is 21.5. The second kappa shape index (κ2) is 8.39. The summed E-state index contributed by atoms with van der Waals surface area (Å²) in [6.45, 7) is 6.27. The first-order chi connectivity index (χ1) is 14.7. The number of nitrogens with zero attached hydrogens (tertiary/aromatic N) is 2. The molecule has 2 aromatic carbocycles. The molecule has 0 radical (unpaired) electrons. The zero-order valence-electron chi connectivity index (χ0n) is 17.2. The van der Waals surface area contributed by atoms with Crippen molar-refractivity contribution in [2.45, 2.75) is 26.9 Å². The number of carbonyl (C=O) groups excluding carboxylic acids is 1. The van der Waals surface area contributed by atoms with E-state index in [0.29, 0.717) is 40.2 Å². The zero-order valence-corrected chi connectivity index (χ0v) is 18.8. The predicted octanol–water partition coefficient (Wildman–Crippen LogP) is 5.00. The molecule has 1 atom stereocenters. The van der Waals surface area contributed by atoms with Gasteiger partial charge in [-0.2, -0.15) is 0 Å². The Balaban J connectivity index is 1.75. The van der Waals surface area contributed by atoms with Gasteiger partial charge in [-0.1, -0.05) is 6.07 Å². The van der Waals surface area contributed by atoms with Gasteiger partial charge in [-0.05, 0) is 54.9 Å². The number of benzene rings is 2. The zero-order chi connectivity index (χ0) is 22.2. The highest BCUT2D eigenvalue weighted by Crippen LogP contribution is 2.37. The first-order valence-electron chi connectivity index (χ1n) is 9.69. The summed E-state index contributed by atoms with van der Waals surface area (Å²) in [5.74, 6) is 0.119. The lowest BCUT2D eigenvalue weighted by molar-refractivity contribution is -0.143. The third-order valence-electron chi connectivity index (χ3n) is 4.55. The van der Waals surface area contributed by atoms with E-state index in [1.807, 2.05) is 0 Å². The number of anilines is 2. The number of rotatable bonds is 6. The minimum Gasteiger partial charge on any atom is -0.487 e. The maximum absolute atomic E-state index is 14.5. The van der Waals surface area contributed by atoms with Crippen LogP contribution in [0.5, 0.6) is 11.5 Å². The molecule has 1 N–H and O–H groups in total. The van der Waals surface area contributed by atoms with E-state index in [1.54, 1.807) is 51.1 Å². The largest absolute Gasteiger partial charge is 0.487 e. The van der Waals surface area contributed by atoms with Gasteiger partial charge in [-0.25, -0.2) is 14.4 Å². The van der Waals surface area contributed by atoms with E-state index >= 15 is 0 Å². The van der Waals surface area contributed by atoms with E-state index in [-0.39, 0.29) is 17.5 Å². The average molecular weight is 490 g/mol. The lowest BCUT2D eigenvalue weighted by Gasteiger charge is -2.19. The molecule has 0 saturated carbocycles. The summed E-state index contributed by atoms with van der Waals surface area (Å²) < 4.78 is 31.5. The summed E-state index contributed by atoms with van der Waals surface area (Å²) in [6.07, 6.45) is 1.40. The lowest BCUT2D eigenvalue weighted by atomic mass is 9.97. The molecule has 0 bridgehead atoms. The number of hydrogen-bond donors (Lipinski definition) is 1. The number of halogens is 2. The normalized spacial score (nSPS) is 15.6. The number of nitrogens with one attached hydrogen (secondary N) is 1. The van der Waals surface area contributed by atoms with Gasteiger partial charge < -0.3 is 19.5 Å². The van der Waals surface area contributed by atoms with Gasteiger partial charge in [0.05, 0.1) is 27.7 Å². The molecule has 1 saturated heterocycles. The molecular weight excluding hydrogens is 469 g/mol. The van der Waals surface area contributed by atoms with Crippen LogP contribution in [0.3, 0.4) is 0 Å². The van der Waals surface area contributed by atoms with Crippen LogP contribution in [0.1, 0.15) is 20.8 Å². The smallest absolute Gasteiger partial charge is 0.316 e. The van der Waals surface area contributed by atoms with Crippen LogP contribution in [0.4, 0.5) is 15.9 Å². The average Bonchev–Trinajstić information content (AvgIpc) is 3.54. The Labute approximate surface area is 187 Å². The van der Waals surface area contributed by atoms with Crippen molar-refractivity contribution in [1.29, 1.82) is 0 Å². The Morgan fingerprint density at radius 1 is 1.29 bits per heavy atom. The quantitative estimate of drug-likeness (QED) is 0.296. The summed E-state index contributed by atoms with van der Waals surface area (Å²) in [5.41, 5.74) is 0.0866. The number of hydrogen-bond acceptors (Lipinski definition) is 7. The van der Waals surface area contributed by atoms with Gasteiger partial charge in [0, 0.05) is 11.5 Å². The van der Waals surface area contributed by atoms with Gasteiger partial charge in [-0.3, -0.25) is 4.79 Å². The monoisotopic (exact) mass is 489 g/mol. The van der Waals surface area contributed by atoms with Crippen molar-refractivity contribution < 1.29 is 23.4 Å². The van der Waals surface area contributed by atoms with Crippen molar-refractivity contribution >= 4 is 44.3 Å². The van der Waals surface area contributed by atoms with E-state index in [4.69, 9.17) is 14.2 Å². The highest BCUT2D eigenvalue weighted by Gasteiger charge is 2.27. The van der Waals surface area contributed by atoms with Crippen molar-refractivity contribution in [3.8, 4) is 11.5 Å². The van der Waals surface area contributed by atoms with Crippen LogP contribution in [0.25, 0.3) is 10.9 Å². The molecule has 4 rings (SSSR count). The molecule has 3 aromatic rings. The van der Waals surface area contributed by atoms with Crippen molar-refractivity contribution in [3.05, 3.63) is 46.9 Å². The molecule has 0 spiro atoms. The molecule has 1 aromatic heterocycles. The number of esters is 1. The fraction of sp³-hybridized carbons (Fsp3) is 0.318. The van der Waals surface area contributed by atoms with Crippen LogP contribution >= 0.6 is 15.9 Å². The van der Waals surface area contributed by atoms with E-state index in [9.17, 15) is 9.18 Å². The Morgan fingerprint density at radius 2 is 2.06 bits per heavy atom. The molecule has 162 valence electrons. The number of carbonyl (C=O) groups is 1. The molecule has 2 heterocycles. The standard InChI is InChI=1S/C22H21BrFN3O4/c1-22(2,3)21(28)31-18-7-13-16(8-17(18)30-10-12-9-29-12)25-11-26-20(13)27-15-6-4-5-14(23)19(15)24/h4-8,11-12H,9-10H2,1-3H3,(H,25,26,27). The number of ether oxygens (including phenoxy) is 3. The molecule has 7 nitrogen and oxygen atoms in total. The number of fused-ring (bicyclic) bond motifs is 1. The second-order valence-corrected chi connectivity index (χ2v) is 9.02. The third kappa shape index (κ3) is 4.94. The minimum absolute atomic E-state index is 0.0315. The Hall–Kier alpha value is -2.78.